The number of hydrogen-bond donors (Lipinski definition) is 1. The van der Waals surface area contributed by atoms with Crippen molar-refractivity contribution in [2.45, 2.75) is 26.3 Å². The van der Waals surface area contributed by atoms with Gasteiger partial charge >= 0.3 is 0 Å². The lowest BCUT2D eigenvalue weighted by Crippen LogP contribution is -2.40. The number of piperidine rings is 1. The van der Waals surface area contributed by atoms with Crippen molar-refractivity contribution in [1.82, 2.24) is 10.3 Å². The highest BCUT2D eigenvalue weighted by Crippen LogP contribution is 2.33. The zero-order valence-corrected chi connectivity index (χ0v) is 17.1. The monoisotopic (exact) mass is 403 g/mol. The van der Waals surface area contributed by atoms with Gasteiger partial charge in [-0.3, -0.25) is 9.78 Å². The maximum Gasteiger partial charge on any atom is 0.231 e. The molecule has 0 saturated carbocycles. The number of fused-ring (bicyclic) bond motifs is 2. The van der Waals surface area contributed by atoms with Crippen LogP contribution in [0.15, 0.2) is 48.7 Å². The number of benzene rings is 2. The molecule has 154 valence electrons. The molecule has 6 nitrogen and oxygen atoms in total. The van der Waals surface area contributed by atoms with Crippen molar-refractivity contribution in [3.05, 3.63) is 59.8 Å². The van der Waals surface area contributed by atoms with Crippen LogP contribution in [0.5, 0.6) is 11.5 Å². The van der Waals surface area contributed by atoms with E-state index in [0.29, 0.717) is 6.54 Å². The van der Waals surface area contributed by atoms with Gasteiger partial charge in [-0.15, -0.1) is 0 Å². The molecule has 0 atom stereocenters. The van der Waals surface area contributed by atoms with Crippen LogP contribution in [0, 0.1) is 12.8 Å². The summed E-state index contributed by atoms with van der Waals surface area (Å²) in [6.07, 6.45) is 3.57. The third kappa shape index (κ3) is 3.65. The number of nitrogens with one attached hydrogen (secondary N) is 1. The summed E-state index contributed by atoms with van der Waals surface area (Å²) in [6.45, 7) is 4.61. The van der Waals surface area contributed by atoms with Gasteiger partial charge in [-0.2, -0.15) is 0 Å². The number of ether oxygens (including phenoxy) is 2. The van der Waals surface area contributed by atoms with Gasteiger partial charge in [-0.1, -0.05) is 17.7 Å². The summed E-state index contributed by atoms with van der Waals surface area (Å²) in [5.41, 5.74) is 4.47. The Balaban J connectivity index is 1.20. The molecule has 0 aliphatic carbocycles. The second-order valence-electron chi connectivity index (χ2n) is 8.02. The van der Waals surface area contributed by atoms with Gasteiger partial charge in [0, 0.05) is 42.8 Å². The summed E-state index contributed by atoms with van der Waals surface area (Å²) < 4.78 is 10.7. The van der Waals surface area contributed by atoms with E-state index in [1.807, 2.05) is 24.4 Å². The van der Waals surface area contributed by atoms with E-state index in [0.717, 1.165) is 48.5 Å². The third-order valence-corrected chi connectivity index (χ3v) is 5.98. The SMILES string of the molecule is Cc1ccc2nccc(N3CCC(C(=O)NCc4ccc5c(c4)OCO5)CC3)c2c1. The zero-order chi connectivity index (χ0) is 20.5. The fourth-order valence-electron chi connectivity index (χ4n) is 4.29. The molecule has 2 aromatic carbocycles. The minimum Gasteiger partial charge on any atom is -0.454 e. The van der Waals surface area contributed by atoms with Crippen molar-refractivity contribution in [1.29, 1.82) is 0 Å². The first kappa shape index (κ1) is 18.7. The Morgan fingerprint density at radius 2 is 1.93 bits per heavy atom. The van der Waals surface area contributed by atoms with Gasteiger partial charge in [0.15, 0.2) is 11.5 Å². The largest absolute Gasteiger partial charge is 0.454 e. The van der Waals surface area contributed by atoms with E-state index in [9.17, 15) is 4.79 Å². The molecule has 1 N–H and O–H groups in total. The molecule has 0 unspecified atom stereocenters. The Labute approximate surface area is 175 Å². The highest BCUT2D eigenvalue weighted by atomic mass is 16.7. The van der Waals surface area contributed by atoms with E-state index < -0.39 is 0 Å². The van der Waals surface area contributed by atoms with Crippen molar-refractivity contribution in [2.75, 3.05) is 24.8 Å². The molecule has 0 spiro atoms. The van der Waals surface area contributed by atoms with Crippen LogP contribution in [0.4, 0.5) is 5.69 Å². The summed E-state index contributed by atoms with van der Waals surface area (Å²) in [5.74, 6) is 1.68. The third-order valence-electron chi connectivity index (χ3n) is 5.98. The molecule has 3 aromatic rings. The Morgan fingerprint density at radius 3 is 2.80 bits per heavy atom. The first-order valence-corrected chi connectivity index (χ1v) is 10.4. The van der Waals surface area contributed by atoms with Gasteiger partial charge in [0.25, 0.3) is 0 Å². The molecule has 2 aliphatic rings. The van der Waals surface area contributed by atoms with Crippen molar-refractivity contribution in [3.63, 3.8) is 0 Å². The highest BCUT2D eigenvalue weighted by molar-refractivity contribution is 5.92. The first-order valence-electron chi connectivity index (χ1n) is 10.4. The summed E-state index contributed by atoms with van der Waals surface area (Å²) >= 11 is 0. The molecule has 0 radical (unpaired) electrons. The van der Waals surface area contributed by atoms with Crippen molar-refractivity contribution >= 4 is 22.5 Å². The summed E-state index contributed by atoms with van der Waals surface area (Å²) in [7, 11) is 0. The Kier molecular flexibility index (Phi) is 4.91. The second-order valence-corrected chi connectivity index (χ2v) is 8.02. The molecule has 6 heteroatoms. The number of rotatable bonds is 4. The molecule has 1 amide bonds. The lowest BCUT2D eigenvalue weighted by atomic mass is 9.95. The molecule has 2 aliphatic heterocycles. The molecule has 0 bridgehead atoms. The number of anilines is 1. The van der Waals surface area contributed by atoms with E-state index in [1.165, 1.54) is 16.6 Å². The van der Waals surface area contributed by atoms with E-state index in [2.05, 4.69) is 46.4 Å². The lowest BCUT2D eigenvalue weighted by Gasteiger charge is -2.33. The van der Waals surface area contributed by atoms with E-state index in [4.69, 9.17) is 9.47 Å². The number of hydrogen-bond acceptors (Lipinski definition) is 5. The molecule has 1 aromatic heterocycles. The zero-order valence-electron chi connectivity index (χ0n) is 17.1. The van der Waals surface area contributed by atoms with Gasteiger partial charge in [0.05, 0.1) is 5.52 Å². The van der Waals surface area contributed by atoms with Crippen LogP contribution >= 0.6 is 0 Å². The average molecular weight is 403 g/mol. The molecule has 5 rings (SSSR count). The molecule has 30 heavy (non-hydrogen) atoms. The predicted octanol–water partition coefficient (Wildman–Crippen LogP) is 3.80. The van der Waals surface area contributed by atoms with Crippen LogP contribution in [0.2, 0.25) is 0 Å². The van der Waals surface area contributed by atoms with Gasteiger partial charge in [-0.25, -0.2) is 0 Å². The van der Waals surface area contributed by atoms with Crippen molar-refractivity contribution in [3.8, 4) is 11.5 Å². The second kappa shape index (κ2) is 7.86. The number of aromatic nitrogens is 1. The van der Waals surface area contributed by atoms with E-state index in [-0.39, 0.29) is 18.6 Å². The Morgan fingerprint density at radius 1 is 1.10 bits per heavy atom. The van der Waals surface area contributed by atoms with Crippen LogP contribution in [-0.4, -0.2) is 30.8 Å². The smallest absolute Gasteiger partial charge is 0.231 e. The number of carbonyl (C=O) groups excluding carboxylic acids is 1. The normalized spacial score (nSPS) is 16.1. The standard InChI is InChI=1S/C24H25N3O3/c1-16-2-4-20-19(12-16)21(6-9-25-20)27-10-7-18(8-11-27)24(28)26-14-17-3-5-22-23(13-17)30-15-29-22/h2-6,9,12-13,18H,7-8,10-11,14-15H2,1H3,(H,26,28). The maximum absolute atomic E-state index is 12.7. The highest BCUT2D eigenvalue weighted by Gasteiger charge is 2.26. The van der Waals surface area contributed by atoms with E-state index in [1.54, 1.807) is 0 Å². The molecular formula is C24H25N3O3. The topological polar surface area (TPSA) is 63.7 Å². The fourth-order valence-corrected chi connectivity index (χ4v) is 4.29. The molecule has 3 heterocycles. The van der Waals surface area contributed by atoms with Crippen LogP contribution < -0.4 is 19.7 Å². The summed E-state index contributed by atoms with van der Waals surface area (Å²) in [4.78, 5) is 19.6. The number of nitrogens with zero attached hydrogens (tertiary/aromatic N) is 2. The number of carbonyl (C=O) groups is 1. The molecule has 1 saturated heterocycles. The Bertz CT molecular complexity index is 1090. The first-order chi connectivity index (χ1) is 14.7. The maximum atomic E-state index is 12.7. The quantitative estimate of drug-likeness (QED) is 0.718. The van der Waals surface area contributed by atoms with Crippen molar-refractivity contribution < 1.29 is 14.3 Å². The van der Waals surface area contributed by atoms with Crippen LogP contribution in [0.25, 0.3) is 10.9 Å². The van der Waals surface area contributed by atoms with E-state index >= 15 is 0 Å². The van der Waals surface area contributed by atoms with Crippen LogP contribution in [-0.2, 0) is 11.3 Å². The minimum absolute atomic E-state index is 0.0464. The van der Waals surface area contributed by atoms with Crippen LogP contribution in [0.3, 0.4) is 0 Å². The van der Waals surface area contributed by atoms with Gasteiger partial charge in [0.1, 0.15) is 0 Å². The summed E-state index contributed by atoms with van der Waals surface area (Å²) in [6, 6.07) is 14.2. The fraction of sp³-hybridized carbons (Fsp3) is 0.333. The molecular weight excluding hydrogens is 378 g/mol. The number of aryl methyl sites for hydroxylation is 1. The number of pyridine rings is 1. The van der Waals surface area contributed by atoms with Crippen molar-refractivity contribution in [2.24, 2.45) is 5.92 Å². The predicted molar refractivity (Wildman–Crippen MR) is 116 cm³/mol. The minimum atomic E-state index is 0.0464. The van der Waals surface area contributed by atoms with Gasteiger partial charge < -0.3 is 19.7 Å². The summed E-state index contributed by atoms with van der Waals surface area (Å²) in [5, 5.41) is 4.27. The lowest BCUT2D eigenvalue weighted by molar-refractivity contribution is -0.125. The van der Waals surface area contributed by atoms with Gasteiger partial charge in [-0.05, 0) is 55.7 Å². The van der Waals surface area contributed by atoms with Gasteiger partial charge in [0.2, 0.25) is 12.7 Å². The average Bonchev–Trinajstić information content (AvgIpc) is 3.25. The Hall–Kier alpha value is -3.28. The number of amides is 1. The van der Waals surface area contributed by atoms with Crippen LogP contribution in [0.1, 0.15) is 24.0 Å². The molecule has 1 fully saturated rings.